The summed E-state index contributed by atoms with van der Waals surface area (Å²) in [5.74, 6) is 0. The van der Waals surface area contributed by atoms with Crippen LogP contribution in [0.25, 0.3) is 0 Å². The molecule has 27 heavy (non-hydrogen) atoms. The van der Waals surface area contributed by atoms with Crippen molar-refractivity contribution in [1.82, 2.24) is 0 Å². The van der Waals surface area contributed by atoms with Gasteiger partial charge in [-0.25, -0.2) is 0 Å². The number of hydrogen-bond donors (Lipinski definition) is 1. The van der Waals surface area contributed by atoms with E-state index in [2.05, 4.69) is 149 Å². The summed E-state index contributed by atoms with van der Waals surface area (Å²) < 4.78 is 4.44. The summed E-state index contributed by atoms with van der Waals surface area (Å²) in [6.07, 6.45) is 0. The summed E-state index contributed by atoms with van der Waals surface area (Å²) >= 11 is 0. The fourth-order valence-corrected chi connectivity index (χ4v) is 0.0913. The first kappa shape index (κ1) is 88.0. The molecular weight excluding hydrogens is 332 g/mol. The molecule has 0 saturated heterocycles. The van der Waals surface area contributed by atoms with Crippen LogP contribution in [0, 0.1) is 0 Å². The van der Waals surface area contributed by atoms with E-state index >= 15 is 0 Å². The van der Waals surface area contributed by atoms with Gasteiger partial charge in [-0.2, -0.15) is 0 Å². The maximum Gasteiger partial charge on any atom is 0.0693 e. The molecule has 0 amide bonds. The van der Waals surface area contributed by atoms with Crippen molar-refractivity contribution >= 4 is 0 Å². The van der Waals surface area contributed by atoms with Crippen molar-refractivity contribution in [3.8, 4) is 0 Å². The molecule has 0 aliphatic rings. The normalized spacial score (nSPS) is 3.19. The Bertz CT molecular complexity index is 76.8. The molecule has 0 fully saturated rings. The Morgan fingerprint density at radius 1 is 0.407 bits per heavy atom. The number of methoxy groups -OCH3 is 1. The van der Waals surface area contributed by atoms with Crippen LogP contribution in [0.3, 0.4) is 0 Å². The standard InChI is InChI=1S/C3H8O2.11C2H4/c1-5-3-2-4;11*1-2/h4H,2-3H2,1H3;11*1-2H2. The second-order valence-corrected chi connectivity index (χ2v) is 0.716. The molecule has 164 valence electrons. The lowest BCUT2D eigenvalue weighted by Gasteiger charge is -1.84. The van der Waals surface area contributed by atoms with Gasteiger partial charge in [-0.15, -0.1) is 145 Å². The average Bonchev–Trinajstić information content (AvgIpc) is 2.88. The average molecular weight is 385 g/mol. The first-order chi connectivity index (χ1) is 13.4. The van der Waals surface area contributed by atoms with E-state index in [1.165, 1.54) is 0 Å². The van der Waals surface area contributed by atoms with Gasteiger partial charge in [0.1, 0.15) is 0 Å². The highest BCUT2D eigenvalue weighted by Gasteiger charge is 1.67. The van der Waals surface area contributed by atoms with Crippen LogP contribution < -0.4 is 0 Å². The predicted octanol–water partition coefficient (Wildman–Crippen LogP) is 8.45. The maximum atomic E-state index is 7.94. The quantitative estimate of drug-likeness (QED) is 0.484. The van der Waals surface area contributed by atoms with E-state index in [0.29, 0.717) is 6.61 Å². The molecule has 0 aromatic carbocycles. The van der Waals surface area contributed by atoms with Gasteiger partial charge in [-0.05, 0) is 0 Å². The minimum atomic E-state index is 0.122. The molecule has 0 atom stereocenters. The van der Waals surface area contributed by atoms with Gasteiger partial charge in [0.05, 0.1) is 13.2 Å². The molecule has 0 saturated carbocycles. The monoisotopic (exact) mass is 384 g/mol. The van der Waals surface area contributed by atoms with Gasteiger partial charge >= 0.3 is 0 Å². The Morgan fingerprint density at radius 3 is 0.519 bits per heavy atom. The van der Waals surface area contributed by atoms with E-state index in [4.69, 9.17) is 5.11 Å². The van der Waals surface area contributed by atoms with E-state index in [0.717, 1.165) is 0 Å². The first-order valence-corrected chi connectivity index (χ1v) is 7.01. The van der Waals surface area contributed by atoms with Crippen LogP contribution in [-0.2, 0) is 4.74 Å². The molecule has 0 spiro atoms. The van der Waals surface area contributed by atoms with Crippen molar-refractivity contribution in [3.63, 3.8) is 0 Å². The molecule has 1 N–H and O–H groups in total. The van der Waals surface area contributed by atoms with Crippen molar-refractivity contribution in [1.29, 1.82) is 0 Å². The van der Waals surface area contributed by atoms with Gasteiger partial charge in [0.2, 0.25) is 0 Å². The van der Waals surface area contributed by atoms with E-state index in [9.17, 15) is 0 Å². The lowest BCUT2D eigenvalue weighted by molar-refractivity contribution is 0.135. The molecule has 0 bridgehead atoms. The van der Waals surface area contributed by atoms with Crippen LogP contribution in [0.4, 0.5) is 0 Å². The summed E-state index contributed by atoms with van der Waals surface area (Å²) in [6.45, 7) is 66.6. The molecule has 0 unspecified atom stereocenters. The molecular formula is C25H52O2. The molecule has 0 aromatic rings. The van der Waals surface area contributed by atoms with Crippen LogP contribution in [0.2, 0.25) is 0 Å². The van der Waals surface area contributed by atoms with E-state index in [1.54, 1.807) is 7.11 Å². The molecule has 0 radical (unpaired) electrons. The van der Waals surface area contributed by atoms with Gasteiger partial charge < -0.3 is 9.84 Å². The van der Waals surface area contributed by atoms with Crippen LogP contribution in [-0.4, -0.2) is 25.4 Å². The van der Waals surface area contributed by atoms with Crippen molar-refractivity contribution in [2.24, 2.45) is 0 Å². The van der Waals surface area contributed by atoms with Crippen LogP contribution in [0.15, 0.2) is 145 Å². The Hall–Kier alpha value is -2.94. The summed E-state index contributed by atoms with van der Waals surface area (Å²) in [4.78, 5) is 0. The van der Waals surface area contributed by atoms with Gasteiger partial charge in [-0.1, -0.05) is 0 Å². The minimum Gasteiger partial charge on any atom is -0.394 e. The van der Waals surface area contributed by atoms with Crippen molar-refractivity contribution < 1.29 is 9.84 Å². The topological polar surface area (TPSA) is 29.5 Å². The number of ether oxygens (including phenoxy) is 1. The third kappa shape index (κ3) is 11600. The second-order valence-electron chi connectivity index (χ2n) is 0.716. The van der Waals surface area contributed by atoms with Crippen molar-refractivity contribution in [2.75, 3.05) is 20.3 Å². The molecule has 2 nitrogen and oxygen atoms in total. The SMILES string of the molecule is C=C.C=C.C=C.C=C.C=C.C=C.C=C.C=C.C=C.C=C.C=C.COCCO. The number of aliphatic hydroxyl groups excluding tert-OH is 1. The highest BCUT2D eigenvalue weighted by Crippen LogP contribution is 1.56. The Kier molecular flexibility index (Phi) is 10200000. The van der Waals surface area contributed by atoms with Gasteiger partial charge in [0, 0.05) is 7.11 Å². The fourth-order valence-electron chi connectivity index (χ4n) is 0.0913. The number of hydrogen-bond acceptors (Lipinski definition) is 2. The summed E-state index contributed by atoms with van der Waals surface area (Å²) in [5, 5.41) is 7.94. The molecule has 0 heterocycles. The zero-order valence-electron chi connectivity index (χ0n) is 18.8. The van der Waals surface area contributed by atoms with Crippen LogP contribution in [0.1, 0.15) is 0 Å². The van der Waals surface area contributed by atoms with E-state index in [1.807, 2.05) is 0 Å². The molecule has 0 aliphatic carbocycles. The maximum absolute atomic E-state index is 7.94. The third-order valence-electron chi connectivity index (χ3n) is 0.295. The Labute approximate surface area is 175 Å². The summed E-state index contributed by atoms with van der Waals surface area (Å²) in [7, 11) is 1.55. The fraction of sp³-hybridized carbons (Fsp3) is 0.120. The van der Waals surface area contributed by atoms with Crippen LogP contribution >= 0.6 is 0 Å². The minimum absolute atomic E-state index is 0.122. The van der Waals surface area contributed by atoms with Gasteiger partial charge in [-0.3, -0.25) is 0 Å². The molecule has 2 heteroatoms. The summed E-state index contributed by atoms with van der Waals surface area (Å²) in [5.41, 5.74) is 0. The van der Waals surface area contributed by atoms with Gasteiger partial charge in [0.15, 0.2) is 0 Å². The highest BCUT2D eigenvalue weighted by molar-refractivity contribution is 4.24. The zero-order valence-corrected chi connectivity index (χ0v) is 18.8. The van der Waals surface area contributed by atoms with Crippen molar-refractivity contribution in [2.45, 2.75) is 0 Å². The van der Waals surface area contributed by atoms with E-state index < -0.39 is 0 Å². The first-order valence-electron chi connectivity index (χ1n) is 7.01. The van der Waals surface area contributed by atoms with Gasteiger partial charge in [0.25, 0.3) is 0 Å². The zero-order chi connectivity index (χ0) is 26.1. The van der Waals surface area contributed by atoms with Crippen molar-refractivity contribution in [3.05, 3.63) is 145 Å². The highest BCUT2D eigenvalue weighted by atomic mass is 16.5. The lowest BCUT2D eigenvalue weighted by Crippen LogP contribution is -1.91. The predicted molar refractivity (Wildman–Crippen MR) is 143 cm³/mol. The third-order valence-corrected chi connectivity index (χ3v) is 0.295. The summed E-state index contributed by atoms with van der Waals surface area (Å²) in [6, 6.07) is 0. The smallest absolute Gasteiger partial charge is 0.0693 e. The van der Waals surface area contributed by atoms with Crippen LogP contribution in [0.5, 0.6) is 0 Å². The number of rotatable bonds is 2. The molecule has 0 rings (SSSR count). The lowest BCUT2D eigenvalue weighted by atomic mass is 10.8. The van der Waals surface area contributed by atoms with E-state index in [-0.39, 0.29) is 6.61 Å². The second kappa shape index (κ2) is 3120000. The largest absolute Gasteiger partial charge is 0.394 e. The Morgan fingerprint density at radius 2 is 0.519 bits per heavy atom. The Balaban J connectivity index is -0.00000000933. The molecule has 0 aliphatic heterocycles. The number of aliphatic hydroxyl groups is 1. The molecule has 0 aromatic heterocycles.